The molecule has 122 valence electrons. The highest BCUT2D eigenvalue weighted by atomic mass is 79.9. The molecule has 1 saturated carbocycles. The molecule has 4 N–H and O–H groups in total. The summed E-state index contributed by atoms with van der Waals surface area (Å²) in [7, 11) is 0. The van der Waals surface area contributed by atoms with Gasteiger partial charge in [0.05, 0.1) is 0 Å². The number of nitrogens with one attached hydrogen (secondary N) is 2. The predicted octanol–water partition coefficient (Wildman–Crippen LogP) is 2.46. The molecule has 0 atom stereocenters. The van der Waals surface area contributed by atoms with Gasteiger partial charge in [0.2, 0.25) is 0 Å². The average molecular weight is 434 g/mol. The van der Waals surface area contributed by atoms with Crippen LogP contribution in [0.5, 0.6) is 0 Å². The maximum absolute atomic E-state index is 11.8. The lowest BCUT2D eigenvalue weighted by Gasteiger charge is -2.23. The number of hydrogen-bond donors (Lipinski definition) is 3. The van der Waals surface area contributed by atoms with E-state index in [2.05, 4.69) is 31.6 Å². The number of carbonyl (C=O) groups is 1. The normalized spacial score (nSPS) is 14.7. The number of guanidine groups is 1. The standard InChI is InChI=1S/C15H21BrN4O.BrH/c16-13-6-4-12(5-7-13)14(21)18-8-9-19-15(17)20-10-11-2-1-3-11;/h4-7,11H,1-3,8-10H2,(H,18,21)(H3,17,19,20);1H. The summed E-state index contributed by atoms with van der Waals surface area (Å²) in [4.78, 5) is 16.1. The van der Waals surface area contributed by atoms with Crippen LogP contribution in [0, 0.1) is 5.92 Å². The molecule has 0 aliphatic heterocycles. The summed E-state index contributed by atoms with van der Waals surface area (Å²) < 4.78 is 0.955. The Balaban J connectivity index is 0.00000242. The zero-order chi connectivity index (χ0) is 15.1. The van der Waals surface area contributed by atoms with Crippen LogP contribution in [0.3, 0.4) is 0 Å². The quantitative estimate of drug-likeness (QED) is 0.366. The summed E-state index contributed by atoms with van der Waals surface area (Å²) in [5.41, 5.74) is 6.41. The molecule has 0 aromatic heterocycles. The summed E-state index contributed by atoms with van der Waals surface area (Å²) in [6.45, 7) is 1.89. The Morgan fingerprint density at radius 1 is 1.23 bits per heavy atom. The van der Waals surface area contributed by atoms with E-state index in [-0.39, 0.29) is 22.9 Å². The van der Waals surface area contributed by atoms with E-state index in [0.29, 0.717) is 30.5 Å². The van der Waals surface area contributed by atoms with E-state index in [9.17, 15) is 4.79 Å². The lowest BCUT2D eigenvalue weighted by Crippen LogP contribution is -2.38. The molecule has 7 heteroatoms. The van der Waals surface area contributed by atoms with Gasteiger partial charge >= 0.3 is 0 Å². The Labute approximate surface area is 150 Å². The van der Waals surface area contributed by atoms with Gasteiger partial charge in [0.15, 0.2) is 5.96 Å². The van der Waals surface area contributed by atoms with E-state index >= 15 is 0 Å². The highest BCUT2D eigenvalue weighted by molar-refractivity contribution is 9.10. The molecule has 22 heavy (non-hydrogen) atoms. The number of rotatable bonds is 6. The van der Waals surface area contributed by atoms with Crippen molar-refractivity contribution in [2.45, 2.75) is 19.3 Å². The van der Waals surface area contributed by atoms with E-state index in [0.717, 1.165) is 11.0 Å². The molecule has 1 fully saturated rings. The Bertz CT molecular complexity index is 501. The molecule has 0 bridgehead atoms. The second-order valence-corrected chi connectivity index (χ2v) is 6.13. The summed E-state index contributed by atoms with van der Waals surface area (Å²) >= 11 is 3.34. The fourth-order valence-electron chi connectivity index (χ4n) is 2.03. The number of amides is 1. The van der Waals surface area contributed by atoms with Crippen molar-refractivity contribution >= 4 is 44.8 Å². The van der Waals surface area contributed by atoms with Gasteiger partial charge in [-0.05, 0) is 43.0 Å². The number of hydrogen-bond acceptors (Lipinski definition) is 2. The molecule has 1 aromatic carbocycles. The Morgan fingerprint density at radius 3 is 2.45 bits per heavy atom. The van der Waals surface area contributed by atoms with Crippen LogP contribution in [-0.2, 0) is 0 Å². The summed E-state index contributed by atoms with van der Waals surface area (Å²) in [6, 6.07) is 7.25. The van der Waals surface area contributed by atoms with Crippen LogP contribution in [-0.4, -0.2) is 31.5 Å². The van der Waals surface area contributed by atoms with Gasteiger partial charge in [0.1, 0.15) is 0 Å². The molecule has 0 unspecified atom stereocenters. The largest absolute Gasteiger partial charge is 0.370 e. The third-order valence-corrected chi connectivity index (χ3v) is 4.10. The first-order valence-corrected chi connectivity index (χ1v) is 8.02. The van der Waals surface area contributed by atoms with Gasteiger partial charge in [-0.3, -0.25) is 9.79 Å². The second-order valence-electron chi connectivity index (χ2n) is 5.21. The van der Waals surface area contributed by atoms with Gasteiger partial charge in [-0.25, -0.2) is 0 Å². The van der Waals surface area contributed by atoms with E-state index in [1.165, 1.54) is 19.3 Å². The van der Waals surface area contributed by atoms with Gasteiger partial charge in [-0.1, -0.05) is 22.4 Å². The zero-order valence-corrected chi connectivity index (χ0v) is 15.6. The monoisotopic (exact) mass is 432 g/mol. The highest BCUT2D eigenvalue weighted by Crippen LogP contribution is 2.26. The predicted molar refractivity (Wildman–Crippen MR) is 98.6 cm³/mol. The molecule has 5 nitrogen and oxygen atoms in total. The van der Waals surface area contributed by atoms with Crippen LogP contribution in [0.2, 0.25) is 0 Å². The van der Waals surface area contributed by atoms with Crippen molar-refractivity contribution in [3.63, 3.8) is 0 Å². The first-order chi connectivity index (χ1) is 10.1. The van der Waals surface area contributed by atoms with E-state index < -0.39 is 0 Å². The molecule has 0 radical (unpaired) electrons. The first kappa shape index (κ1) is 19.0. The number of nitrogens with zero attached hydrogens (tertiary/aromatic N) is 1. The topological polar surface area (TPSA) is 79.5 Å². The van der Waals surface area contributed by atoms with Crippen molar-refractivity contribution in [3.05, 3.63) is 34.3 Å². The van der Waals surface area contributed by atoms with E-state index in [1.54, 1.807) is 12.1 Å². The Morgan fingerprint density at radius 2 is 1.86 bits per heavy atom. The van der Waals surface area contributed by atoms with Gasteiger partial charge in [0.25, 0.3) is 5.91 Å². The number of carbonyl (C=O) groups excluding carboxylic acids is 1. The van der Waals surface area contributed by atoms with Crippen LogP contribution in [0.25, 0.3) is 0 Å². The number of halogens is 2. The minimum atomic E-state index is -0.0886. The Hall–Kier alpha value is -1.08. The van der Waals surface area contributed by atoms with Gasteiger partial charge in [-0.2, -0.15) is 0 Å². The number of nitrogens with two attached hydrogens (primary N) is 1. The van der Waals surface area contributed by atoms with Crippen LogP contribution in [0.4, 0.5) is 0 Å². The molecule has 2 rings (SSSR count). The minimum Gasteiger partial charge on any atom is -0.370 e. The number of aliphatic imine (C=N–C) groups is 1. The van der Waals surface area contributed by atoms with E-state index in [1.807, 2.05) is 12.1 Å². The molecular weight excluding hydrogens is 412 g/mol. The smallest absolute Gasteiger partial charge is 0.251 e. The fraction of sp³-hybridized carbons (Fsp3) is 0.467. The maximum Gasteiger partial charge on any atom is 0.251 e. The van der Waals surface area contributed by atoms with E-state index in [4.69, 9.17) is 5.73 Å². The van der Waals surface area contributed by atoms with Crippen LogP contribution < -0.4 is 16.4 Å². The average Bonchev–Trinajstić information content (AvgIpc) is 2.42. The van der Waals surface area contributed by atoms with Gasteiger partial charge in [-0.15, -0.1) is 17.0 Å². The van der Waals surface area contributed by atoms with Crippen molar-refractivity contribution in [1.29, 1.82) is 0 Å². The lowest BCUT2D eigenvalue weighted by atomic mass is 9.86. The molecule has 0 spiro atoms. The van der Waals surface area contributed by atoms with Crippen molar-refractivity contribution in [2.75, 3.05) is 19.6 Å². The Kier molecular flexibility index (Phi) is 8.48. The molecule has 0 saturated heterocycles. The van der Waals surface area contributed by atoms with Gasteiger partial charge in [0, 0.05) is 29.7 Å². The van der Waals surface area contributed by atoms with Crippen molar-refractivity contribution in [2.24, 2.45) is 16.6 Å². The third kappa shape index (κ3) is 6.36. The molecule has 1 aliphatic rings. The molecule has 1 amide bonds. The minimum absolute atomic E-state index is 0. The number of benzene rings is 1. The van der Waals surface area contributed by atoms with Crippen LogP contribution >= 0.6 is 32.9 Å². The molecule has 1 aliphatic carbocycles. The van der Waals surface area contributed by atoms with Crippen molar-refractivity contribution in [3.8, 4) is 0 Å². The fourth-order valence-corrected chi connectivity index (χ4v) is 2.29. The molecular formula is C15H22Br2N4O. The highest BCUT2D eigenvalue weighted by Gasteiger charge is 2.16. The third-order valence-electron chi connectivity index (χ3n) is 3.57. The summed E-state index contributed by atoms with van der Waals surface area (Å²) in [5.74, 6) is 1.08. The maximum atomic E-state index is 11.8. The SMILES string of the molecule is Br.NC(=NCC1CCC1)NCCNC(=O)c1ccc(Br)cc1. The molecule has 0 heterocycles. The van der Waals surface area contributed by atoms with Crippen LogP contribution in [0.1, 0.15) is 29.6 Å². The van der Waals surface area contributed by atoms with Crippen molar-refractivity contribution in [1.82, 2.24) is 10.6 Å². The van der Waals surface area contributed by atoms with Crippen molar-refractivity contribution < 1.29 is 4.79 Å². The zero-order valence-electron chi connectivity index (χ0n) is 12.3. The second kappa shape index (κ2) is 9.84. The summed E-state index contributed by atoms with van der Waals surface area (Å²) in [6.07, 6.45) is 3.84. The summed E-state index contributed by atoms with van der Waals surface area (Å²) in [5, 5.41) is 5.84. The first-order valence-electron chi connectivity index (χ1n) is 7.22. The van der Waals surface area contributed by atoms with Crippen LogP contribution in [0.15, 0.2) is 33.7 Å². The lowest BCUT2D eigenvalue weighted by molar-refractivity contribution is 0.0954. The molecule has 1 aromatic rings. The van der Waals surface area contributed by atoms with Gasteiger partial charge < -0.3 is 16.4 Å².